The van der Waals surface area contributed by atoms with Crippen LogP contribution in [0.5, 0.6) is 0 Å². The summed E-state index contributed by atoms with van der Waals surface area (Å²) in [4.78, 5) is 10.1. The van der Waals surface area contributed by atoms with E-state index in [0.717, 1.165) is 6.07 Å². The van der Waals surface area contributed by atoms with E-state index in [1.165, 1.54) is 23.5 Å². The zero-order valence-electron chi connectivity index (χ0n) is 11.4. The van der Waals surface area contributed by atoms with Crippen LogP contribution >= 0.6 is 0 Å². The zero-order valence-corrected chi connectivity index (χ0v) is 12.2. The Morgan fingerprint density at radius 2 is 2.24 bits per heavy atom. The highest BCUT2D eigenvalue weighted by Crippen LogP contribution is 2.29. The number of hydrazine groups is 1. The van der Waals surface area contributed by atoms with E-state index in [-0.39, 0.29) is 28.9 Å². The van der Waals surface area contributed by atoms with Crippen LogP contribution in [-0.2, 0) is 14.8 Å². The normalized spacial score (nSPS) is 19.6. The highest BCUT2D eigenvalue weighted by molar-refractivity contribution is 7.89. The number of nitro groups is 1. The minimum atomic E-state index is -3.78. The number of nitrogens with one attached hydrogen (secondary N) is 1. The highest BCUT2D eigenvalue weighted by Gasteiger charge is 2.33. The largest absolute Gasteiger partial charge is 0.380 e. The van der Waals surface area contributed by atoms with Gasteiger partial charge in [0.15, 0.2) is 0 Å². The van der Waals surface area contributed by atoms with Crippen LogP contribution in [0.3, 0.4) is 0 Å². The third-order valence-electron chi connectivity index (χ3n) is 3.40. The Morgan fingerprint density at radius 3 is 2.76 bits per heavy atom. The van der Waals surface area contributed by atoms with Gasteiger partial charge in [-0.3, -0.25) is 16.0 Å². The van der Waals surface area contributed by atoms with Gasteiger partial charge >= 0.3 is 0 Å². The molecule has 116 valence electrons. The maximum Gasteiger partial charge on any atom is 0.294 e. The minimum Gasteiger partial charge on any atom is -0.380 e. The number of ether oxygens (including phenoxy) is 1. The minimum absolute atomic E-state index is 0.0511. The summed E-state index contributed by atoms with van der Waals surface area (Å²) in [6.07, 6.45) is 0.444. The summed E-state index contributed by atoms with van der Waals surface area (Å²) >= 11 is 0. The molecule has 0 saturated carbocycles. The number of benzene rings is 1. The van der Waals surface area contributed by atoms with E-state index in [0.29, 0.717) is 13.0 Å². The van der Waals surface area contributed by atoms with Gasteiger partial charge in [-0.05, 0) is 18.6 Å². The van der Waals surface area contributed by atoms with Crippen molar-refractivity contribution in [3.8, 4) is 0 Å². The van der Waals surface area contributed by atoms with Crippen LogP contribution in [0.2, 0.25) is 0 Å². The summed E-state index contributed by atoms with van der Waals surface area (Å²) < 4.78 is 31.3. The Kier molecular flexibility index (Phi) is 4.42. The van der Waals surface area contributed by atoms with Gasteiger partial charge in [-0.15, -0.1) is 0 Å². The highest BCUT2D eigenvalue weighted by atomic mass is 32.2. The number of nitro benzene ring substituents is 1. The molecule has 1 aliphatic heterocycles. The summed E-state index contributed by atoms with van der Waals surface area (Å²) in [6.45, 7) is 0.565. The molecule has 0 aromatic heterocycles. The van der Waals surface area contributed by atoms with E-state index in [1.807, 2.05) is 0 Å². The lowest BCUT2D eigenvalue weighted by molar-refractivity contribution is -0.384. The molecule has 0 amide bonds. The SMILES string of the molecule is COC1CCN(S(=O)(=O)c2ccc(NN)c([N+](=O)[O-])c2)C1. The fourth-order valence-electron chi connectivity index (χ4n) is 2.20. The molecule has 1 aromatic rings. The lowest BCUT2D eigenvalue weighted by Gasteiger charge is -2.16. The molecule has 1 fully saturated rings. The van der Waals surface area contributed by atoms with Crippen molar-refractivity contribution in [3.63, 3.8) is 0 Å². The van der Waals surface area contributed by atoms with Gasteiger partial charge in [-0.1, -0.05) is 0 Å². The second-order valence-electron chi connectivity index (χ2n) is 4.59. The maximum atomic E-state index is 12.5. The van der Waals surface area contributed by atoms with Gasteiger partial charge in [-0.25, -0.2) is 8.42 Å². The Balaban J connectivity index is 2.37. The van der Waals surface area contributed by atoms with E-state index >= 15 is 0 Å². The van der Waals surface area contributed by atoms with E-state index in [9.17, 15) is 18.5 Å². The Hall–Kier alpha value is -1.75. The van der Waals surface area contributed by atoms with Crippen LogP contribution in [0.4, 0.5) is 11.4 Å². The molecule has 0 aliphatic carbocycles. The summed E-state index contributed by atoms with van der Waals surface area (Å²) in [5.74, 6) is 5.18. The molecule has 9 nitrogen and oxygen atoms in total. The van der Waals surface area contributed by atoms with Crippen molar-refractivity contribution in [1.82, 2.24) is 4.31 Å². The molecular weight excluding hydrogens is 300 g/mol. The van der Waals surface area contributed by atoms with E-state index < -0.39 is 14.9 Å². The third-order valence-corrected chi connectivity index (χ3v) is 5.26. The average molecular weight is 316 g/mol. The Morgan fingerprint density at radius 1 is 1.52 bits per heavy atom. The maximum absolute atomic E-state index is 12.5. The van der Waals surface area contributed by atoms with Gasteiger partial charge < -0.3 is 10.2 Å². The van der Waals surface area contributed by atoms with Crippen LogP contribution in [0.25, 0.3) is 0 Å². The molecule has 0 radical (unpaired) electrons. The fraction of sp³-hybridized carbons (Fsp3) is 0.455. The molecule has 1 unspecified atom stereocenters. The molecule has 1 aromatic carbocycles. The van der Waals surface area contributed by atoms with Gasteiger partial charge in [0.1, 0.15) is 5.69 Å². The molecule has 10 heteroatoms. The van der Waals surface area contributed by atoms with Gasteiger partial charge in [0, 0.05) is 26.3 Å². The Bertz CT molecular complexity index is 648. The van der Waals surface area contributed by atoms with E-state index in [2.05, 4.69) is 5.43 Å². The molecule has 0 spiro atoms. The monoisotopic (exact) mass is 316 g/mol. The average Bonchev–Trinajstić information content (AvgIpc) is 2.96. The molecule has 2 rings (SSSR count). The molecule has 1 aliphatic rings. The number of nitrogens with two attached hydrogens (primary N) is 1. The first-order chi connectivity index (χ1) is 9.90. The Labute approximate surface area is 121 Å². The number of rotatable bonds is 5. The van der Waals surface area contributed by atoms with Crippen molar-refractivity contribution in [2.45, 2.75) is 17.4 Å². The van der Waals surface area contributed by atoms with E-state index in [4.69, 9.17) is 10.6 Å². The lowest BCUT2D eigenvalue weighted by atomic mass is 10.3. The molecule has 1 heterocycles. The molecule has 1 saturated heterocycles. The molecule has 0 bridgehead atoms. The second kappa shape index (κ2) is 5.93. The van der Waals surface area contributed by atoms with Crippen molar-refractivity contribution in [1.29, 1.82) is 0 Å². The topological polar surface area (TPSA) is 128 Å². The van der Waals surface area contributed by atoms with Gasteiger partial charge in [0.25, 0.3) is 5.69 Å². The third kappa shape index (κ3) is 2.97. The first-order valence-electron chi connectivity index (χ1n) is 6.18. The van der Waals surface area contributed by atoms with Crippen LogP contribution in [-0.4, -0.2) is 43.9 Å². The van der Waals surface area contributed by atoms with Crippen LogP contribution < -0.4 is 11.3 Å². The van der Waals surface area contributed by atoms with Gasteiger partial charge in [0.05, 0.1) is 15.9 Å². The van der Waals surface area contributed by atoms with Crippen molar-refractivity contribution < 1.29 is 18.1 Å². The van der Waals surface area contributed by atoms with Crippen LogP contribution in [0.15, 0.2) is 23.1 Å². The standard InChI is InChI=1S/C11H16N4O5S/c1-20-8-4-5-14(7-8)21(18,19)9-2-3-10(13-12)11(6-9)15(16)17/h2-3,6,8,13H,4-5,7,12H2,1H3. The number of sulfonamides is 1. The van der Waals surface area contributed by atoms with Gasteiger partial charge in [-0.2, -0.15) is 4.31 Å². The number of hydrogen-bond acceptors (Lipinski definition) is 7. The predicted octanol–water partition coefficient (Wildman–Crippen LogP) is 0.290. The smallest absolute Gasteiger partial charge is 0.294 e. The summed E-state index contributed by atoms with van der Waals surface area (Å²) in [5, 5.41) is 11.0. The number of methoxy groups -OCH3 is 1. The molecule has 3 N–H and O–H groups in total. The molecule has 1 atom stereocenters. The number of anilines is 1. The summed E-state index contributed by atoms with van der Waals surface area (Å²) in [5.41, 5.74) is 1.83. The zero-order chi connectivity index (χ0) is 15.6. The predicted molar refractivity (Wildman–Crippen MR) is 75.1 cm³/mol. The fourth-order valence-corrected chi connectivity index (χ4v) is 3.71. The van der Waals surface area contributed by atoms with Crippen LogP contribution in [0.1, 0.15) is 6.42 Å². The van der Waals surface area contributed by atoms with Crippen molar-refractivity contribution in [3.05, 3.63) is 28.3 Å². The first-order valence-corrected chi connectivity index (χ1v) is 7.62. The summed E-state index contributed by atoms with van der Waals surface area (Å²) in [6, 6.07) is 3.57. The number of hydrogen-bond donors (Lipinski definition) is 2. The van der Waals surface area contributed by atoms with Crippen molar-refractivity contribution >= 4 is 21.4 Å². The van der Waals surface area contributed by atoms with Crippen molar-refractivity contribution in [2.24, 2.45) is 5.84 Å². The first kappa shape index (κ1) is 15.6. The van der Waals surface area contributed by atoms with Crippen LogP contribution in [0, 0.1) is 10.1 Å². The molecule has 21 heavy (non-hydrogen) atoms. The number of nitrogens with zero attached hydrogens (tertiary/aromatic N) is 2. The molecular formula is C11H16N4O5S. The van der Waals surface area contributed by atoms with Gasteiger partial charge in [0.2, 0.25) is 10.0 Å². The second-order valence-corrected chi connectivity index (χ2v) is 6.53. The summed E-state index contributed by atoms with van der Waals surface area (Å²) in [7, 11) is -2.26. The lowest BCUT2D eigenvalue weighted by Crippen LogP contribution is -2.30. The van der Waals surface area contributed by atoms with E-state index in [1.54, 1.807) is 0 Å². The number of nitrogen functional groups attached to an aromatic ring is 1. The quantitative estimate of drug-likeness (QED) is 0.454. The van der Waals surface area contributed by atoms with Crippen molar-refractivity contribution in [2.75, 3.05) is 25.6 Å².